The molecule has 11 heteroatoms. The molecule has 2 unspecified atom stereocenters. The number of nitrogens with two attached hydrogens (primary N) is 1. The highest BCUT2D eigenvalue weighted by Gasteiger charge is 2.53. The van der Waals surface area contributed by atoms with Gasteiger partial charge in [0.15, 0.2) is 17.6 Å². The van der Waals surface area contributed by atoms with Crippen molar-refractivity contribution in [1.29, 1.82) is 0 Å². The number of β-lactam (4-membered cyclic amide) rings is 1. The van der Waals surface area contributed by atoms with Gasteiger partial charge in [0.25, 0.3) is 0 Å². The van der Waals surface area contributed by atoms with E-state index < -0.39 is 39.5 Å². The third-order valence-electron chi connectivity index (χ3n) is 4.85. The third kappa shape index (κ3) is 4.78. The van der Waals surface area contributed by atoms with Crippen molar-refractivity contribution in [2.24, 2.45) is 5.73 Å². The lowest BCUT2D eigenvalue weighted by molar-refractivity contribution is -0.153. The molecule has 4 rings (SSSR count). The van der Waals surface area contributed by atoms with E-state index in [0.717, 1.165) is 22.3 Å². The maximum absolute atomic E-state index is 13.3. The molecule has 8 nitrogen and oxygen atoms in total. The number of carbonyl (C=O) groups is 2. The van der Waals surface area contributed by atoms with E-state index in [4.69, 9.17) is 14.7 Å². The van der Waals surface area contributed by atoms with Crippen LogP contribution < -0.4 is 5.73 Å². The summed E-state index contributed by atoms with van der Waals surface area (Å²) in [7, 11) is -3.92. The Labute approximate surface area is 196 Å². The number of ether oxygens (including phenoxy) is 1. The van der Waals surface area contributed by atoms with Gasteiger partial charge in [-0.05, 0) is 11.1 Å². The number of fused-ring (bicyclic) bond motifs is 1. The molecule has 0 bridgehead atoms. The molecule has 32 heavy (non-hydrogen) atoms. The topological polar surface area (TPSA) is 116 Å². The predicted molar refractivity (Wildman–Crippen MR) is 122 cm³/mol. The Morgan fingerprint density at radius 3 is 2.12 bits per heavy atom. The number of halogens is 1. The molecule has 2 aromatic rings. The number of hydrogen-bond acceptors (Lipinski definition) is 8. The molecule has 0 aliphatic carbocycles. The molecule has 1 amide bonds. The highest BCUT2D eigenvalue weighted by Crippen LogP contribution is 2.41. The van der Waals surface area contributed by atoms with Crippen molar-refractivity contribution >= 4 is 46.2 Å². The standard InChI is InChI=1S/C21H20N2O6S2.ClH/c1-31(26,27)29-15-12-30-20-16(22)19(24)23(20)17(15)21(25)28-18(13-8-4-2-5-9-13)14-10-6-3-7-11-14;/h2-11,16,18,20H,12,22H2,1H3;1H. The van der Waals surface area contributed by atoms with E-state index in [-0.39, 0.29) is 29.6 Å². The van der Waals surface area contributed by atoms with Crippen molar-refractivity contribution in [2.75, 3.05) is 12.0 Å². The Balaban J connectivity index is 0.00000289. The van der Waals surface area contributed by atoms with Gasteiger partial charge in [-0.1, -0.05) is 60.7 Å². The Hall–Kier alpha value is -2.53. The summed E-state index contributed by atoms with van der Waals surface area (Å²) in [6.45, 7) is 0. The second kappa shape index (κ2) is 9.53. The SMILES string of the molecule is CS(=O)(=O)OC1=C(C(=O)OC(c2ccccc2)c2ccccc2)N2C(=O)C(N)C2SC1.Cl. The quantitative estimate of drug-likeness (QED) is 0.367. The number of esters is 1. The summed E-state index contributed by atoms with van der Waals surface area (Å²) in [5.41, 5.74) is 7.07. The number of thioether (sulfide) groups is 1. The molecule has 1 fully saturated rings. The summed E-state index contributed by atoms with van der Waals surface area (Å²) in [6.07, 6.45) is 0.111. The van der Waals surface area contributed by atoms with Gasteiger partial charge in [0.1, 0.15) is 11.4 Å². The average Bonchev–Trinajstić information content (AvgIpc) is 2.76. The van der Waals surface area contributed by atoms with E-state index in [2.05, 4.69) is 0 Å². The molecule has 2 aliphatic heterocycles. The number of hydrogen-bond donors (Lipinski definition) is 1. The molecule has 0 saturated carbocycles. The van der Waals surface area contributed by atoms with E-state index >= 15 is 0 Å². The van der Waals surface area contributed by atoms with Crippen molar-refractivity contribution in [3.63, 3.8) is 0 Å². The fourth-order valence-corrected chi connectivity index (χ4v) is 5.25. The minimum atomic E-state index is -3.92. The highest BCUT2D eigenvalue weighted by molar-refractivity contribution is 8.00. The van der Waals surface area contributed by atoms with Crippen LogP contribution in [0, 0.1) is 0 Å². The van der Waals surface area contributed by atoms with Crippen molar-refractivity contribution in [2.45, 2.75) is 17.5 Å². The Bertz CT molecular complexity index is 1100. The molecule has 0 radical (unpaired) electrons. The zero-order valence-corrected chi connectivity index (χ0v) is 19.4. The molecule has 170 valence electrons. The van der Waals surface area contributed by atoms with Crippen molar-refractivity contribution in [3.8, 4) is 0 Å². The maximum Gasteiger partial charge on any atom is 0.359 e. The fraction of sp³-hybridized carbons (Fsp3) is 0.238. The number of amides is 1. The number of benzene rings is 2. The van der Waals surface area contributed by atoms with E-state index in [0.29, 0.717) is 0 Å². The van der Waals surface area contributed by atoms with Crippen LogP contribution in [-0.4, -0.2) is 48.6 Å². The lowest BCUT2D eigenvalue weighted by Crippen LogP contribution is -2.68. The van der Waals surface area contributed by atoms with Gasteiger partial charge < -0.3 is 14.7 Å². The molecule has 2 N–H and O–H groups in total. The van der Waals surface area contributed by atoms with Crippen LogP contribution in [0.4, 0.5) is 0 Å². The Morgan fingerprint density at radius 2 is 1.62 bits per heavy atom. The fourth-order valence-electron chi connectivity index (χ4n) is 3.47. The first kappa shape index (κ1) is 24.1. The van der Waals surface area contributed by atoms with E-state index in [1.165, 1.54) is 11.8 Å². The summed E-state index contributed by atoms with van der Waals surface area (Å²) in [5.74, 6) is -1.42. The monoisotopic (exact) mass is 496 g/mol. The zero-order valence-electron chi connectivity index (χ0n) is 16.9. The molecule has 1 saturated heterocycles. The van der Waals surface area contributed by atoms with Crippen LogP contribution in [0.15, 0.2) is 72.1 Å². The second-order valence-electron chi connectivity index (χ2n) is 7.10. The molecule has 2 atom stereocenters. The first-order valence-corrected chi connectivity index (χ1v) is 12.3. The zero-order chi connectivity index (χ0) is 22.2. The van der Waals surface area contributed by atoms with Crippen LogP contribution in [0.25, 0.3) is 0 Å². The van der Waals surface area contributed by atoms with Crippen molar-refractivity contribution < 1.29 is 26.9 Å². The van der Waals surface area contributed by atoms with Gasteiger partial charge in [-0.3, -0.25) is 9.69 Å². The summed E-state index contributed by atoms with van der Waals surface area (Å²) in [6, 6.07) is 17.5. The lowest BCUT2D eigenvalue weighted by Gasteiger charge is -2.47. The van der Waals surface area contributed by atoms with Crippen LogP contribution in [0.3, 0.4) is 0 Å². The van der Waals surface area contributed by atoms with Gasteiger partial charge in [0.2, 0.25) is 5.91 Å². The maximum atomic E-state index is 13.3. The van der Waals surface area contributed by atoms with Gasteiger partial charge in [0.05, 0.1) is 12.0 Å². The largest absolute Gasteiger partial charge is 0.448 e. The first-order valence-electron chi connectivity index (χ1n) is 9.40. The van der Waals surface area contributed by atoms with Crippen LogP contribution in [-0.2, 0) is 28.6 Å². The van der Waals surface area contributed by atoms with Gasteiger partial charge in [0, 0.05) is 0 Å². The summed E-state index contributed by atoms with van der Waals surface area (Å²) in [5, 5.41) is -0.478. The minimum absolute atomic E-state index is 0. The van der Waals surface area contributed by atoms with Crippen LogP contribution in [0.5, 0.6) is 0 Å². The molecular formula is C21H21ClN2O6S2. The molecular weight excluding hydrogens is 476 g/mol. The number of rotatable bonds is 6. The molecule has 0 spiro atoms. The second-order valence-corrected chi connectivity index (χ2v) is 9.78. The smallest absolute Gasteiger partial charge is 0.359 e. The van der Waals surface area contributed by atoms with Crippen LogP contribution >= 0.6 is 24.2 Å². The van der Waals surface area contributed by atoms with Crippen molar-refractivity contribution in [1.82, 2.24) is 4.90 Å². The predicted octanol–water partition coefficient (Wildman–Crippen LogP) is 2.17. The van der Waals surface area contributed by atoms with Gasteiger partial charge in [-0.25, -0.2) is 4.79 Å². The lowest BCUT2D eigenvalue weighted by atomic mass is 10.0. The minimum Gasteiger partial charge on any atom is -0.448 e. The Kier molecular flexibility index (Phi) is 7.19. The third-order valence-corrected chi connectivity index (χ3v) is 6.63. The van der Waals surface area contributed by atoms with E-state index in [1.807, 2.05) is 60.7 Å². The van der Waals surface area contributed by atoms with Crippen LogP contribution in [0.1, 0.15) is 17.2 Å². The van der Waals surface area contributed by atoms with Gasteiger partial charge in [-0.2, -0.15) is 8.42 Å². The van der Waals surface area contributed by atoms with Crippen molar-refractivity contribution in [3.05, 3.63) is 83.2 Å². The highest BCUT2D eigenvalue weighted by atomic mass is 35.5. The molecule has 0 aromatic heterocycles. The molecule has 2 heterocycles. The summed E-state index contributed by atoms with van der Waals surface area (Å²) < 4.78 is 34.3. The summed E-state index contributed by atoms with van der Waals surface area (Å²) in [4.78, 5) is 26.8. The van der Waals surface area contributed by atoms with Gasteiger partial charge in [-0.15, -0.1) is 24.2 Å². The van der Waals surface area contributed by atoms with Crippen LogP contribution in [0.2, 0.25) is 0 Å². The van der Waals surface area contributed by atoms with Gasteiger partial charge >= 0.3 is 16.1 Å². The molecule has 2 aromatic carbocycles. The Morgan fingerprint density at radius 1 is 1.09 bits per heavy atom. The number of nitrogens with zero attached hydrogens (tertiary/aromatic N) is 1. The summed E-state index contributed by atoms with van der Waals surface area (Å²) >= 11 is 1.23. The van der Waals surface area contributed by atoms with E-state index in [1.54, 1.807) is 0 Å². The van der Waals surface area contributed by atoms with E-state index in [9.17, 15) is 18.0 Å². The first-order chi connectivity index (χ1) is 14.8. The number of carbonyl (C=O) groups excluding carboxylic acids is 2. The molecule has 2 aliphatic rings. The average molecular weight is 497 g/mol. The normalized spacial score (nSPS) is 20.2.